The fourth-order valence-corrected chi connectivity index (χ4v) is 2.34. The zero-order chi connectivity index (χ0) is 13.5. The van der Waals surface area contributed by atoms with Gasteiger partial charge in [0.1, 0.15) is 0 Å². The summed E-state index contributed by atoms with van der Waals surface area (Å²) in [6, 6.07) is 5.09. The SMILES string of the molecule is CCCCN(Cc1cc(NCCC)ccn1)C1CC1. The van der Waals surface area contributed by atoms with Crippen LogP contribution in [0, 0.1) is 0 Å². The molecule has 3 nitrogen and oxygen atoms in total. The lowest BCUT2D eigenvalue weighted by atomic mass is 10.2. The third-order valence-electron chi connectivity index (χ3n) is 3.62. The molecule has 0 aliphatic heterocycles. The van der Waals surface area contributed by atoms with Gasteiger partial charge >= 0.3 is 0 Å². The lowest BCUT2D eigenvalue weighted by Crippen LogP contribution is -2.27. The maximum atomic E-state index is 4.52. The van der Waals surface area contributed by atoms with E-state index in [1.165, 1.54) is 43.6 Å². The molecule has 0 unspecified atom stereocenters. The van der Waals surface area contributed by atoms with Crippen molar-refractivity contribution in [2.75, 3.05) is 18.4 Å². The van der Waals surface area contributed by atoms with Crippen LogP contribution in [0.4, 0.5) is 5.69 Å². The van der Waals surface area contributed by atoms with E-state index in [1.54, 1.807) is 0 Å². The van der Waals surface area contributed by atoms with Gasteiger partial charge in [0, 0.05) is 31.0 Å². The lowest BCUT2D eigenvalue weighted by molar-refractivity contribution is 0.248. The summed E-state index contributed by atoms with van der Waals surface area (Å²) in [5.74, 6) is 0. The Hall–Kier alpha value is -1.09. The van der Waals surface area contributed by atoms with Crippen molar-refractivity contribution in [3.63, 3.8) is 0 Å². The predicted octanol–water partition coefficient (Wildman–Crippen LogP) is 3.67. The van der Waals surface area contributed by atoms with Gasteiger partial charge in [-0.25, -0.2) is 0 Å². The van der Waals surface area contributed by atoms with Crippen LogP contribution in [0.5, 0.6) is 0 Å². The Morgan fingerprint density at radius 1 is 1.32 bits per heavy atom. The molecule has 106 valence electrons. The second-order valence-electron chi connectivity index (χ2n) is 5.52. The molecule has 0 radical (unpaired) electrons. The van der Waals surface area contributed by atoms with Gasteiger partial charge in [-0.05, 0) is 44.4 Å². The molecule has 1 fully saturated rings. The van der Waals surface area contributed by atoms with Crippen molar-refractivity contribution in [3.8, 4) is 0 Å². The molecule has 0 spiro atoms. The molecule has 0 amide bonds. The van der Waals surface area contributed by atoms with Crippen LogP contribution in [0.15, 0.2) is 18.3 Å². The van der Waals surface area contributed by atoms with E-state index in [1.807, 2.05) is 6.20 Å². The summed E-state index contributed by atoms with van der Waals surface area (Å²) in [4.78, 5) is 7.13. The molecule has 0 atom stereocenters. The zero-order valence-corrected chi connectivity index (χ0v) is 12.4. The van der Waals surface area contributed by atoms with Gasteiger partial charge in [-0.3, -0.25) is 9.88 Å². The molecule has 1 N–H and O–H groups in total. The second-order valence-corrected chi connectivity index (χ2v) is 5.52. The highest BCUT2D eigenvalue weighted by Crippen LogP contribution is 2.28. The van der Waals surface area contributed by atoms with Crippen LogP contribution in [0.3, 0.4) is 0 Å². The van der Waals surface area contributed by atoms with Crippen molar-refractivity contribution >= 4 is 5.69 Å². The minimum Gasteiger partial charge on any atom is -0.385 e. The number of unbranched alkanes of at least 4 members (excludes halogenated alkanes) is 1. The number of aromatic nitrogens is 1. The quantitative estimate of drug-likeness (QED) is 0.735. The van der Waals surface area contributed by atoms with Crippen molar-refractivity contribution < 1.29 is 0 Å². The Morgan fingerprint density at radius 2 is 2.16 bits per heavy atom. The average Bonchev–Trinajstić information content (AvgIpc) is 3.26. The van der Waals surface area contributed by atoms with Gasteiger partial charge in [0.25, 0.3) is 0 Å². The molecule has 1 aromatic rings. The molecule has 2 rings (SSSR count). The summed E-state index contributed by atoms with van der Waals surface area (Å²) in [6.45, 7) is 7.71. The minimum atomic E-state index is 0.820. The Labute approximate surface area is 117 Å². The normalized spacial score (nSPS) is 14.9. The molecule has 0 aromatic carbocycles. The number of anilines is 1. The van der Waals surface area contributed by atoms with Gasteiger partial charge in [-0.15, -0.1) is 0 Å². The van der Waals surface area contributed by atoms with Crippen LogP contribution >= 0.6 is 0 Å². The topological polar surface area (TPSA) is 28.2 Å². The first-order valence-electron chi connectivity index (χ1n) is 7.76. The number of hydrogen-bond donors (Lipinski definition) is 1. The number of nitrogens with one attached hydrogen (secondary N) is 1. The van der Waals surface area contributed by atoms with E-state index in [0.29, 0.717) is 0 Å². The van der Waals surface area contributed by atoms with E-state index in [-0.39, 0.29) is 0 Å². The molecule has 0 saturated heterocycles. The molecule has 1 aliphatic rings. The third-order valence-corrected chi connectivity index (χ3v) is 3.62. The third kappa shape index (κ3) is 4.83. The molecule has 1 saturated carbocycles. The van der Waals surface area contributed by atoms with Gasteiger partial charge < -0.3 is 5.32 Å². The van der Waals surface area contributed by atoms with Crippen molar-refractivity contribution in [2.45, 2.75) is 58.5 Å². The minimum absolute atomic E-state index is 0.820. The largest absolute Gasteiger partial charge is 0.385 e. The van der Waals surface area contributed by atoms with Crippen molar-refractivity contribution in [1.29, 1.82) is 0 Å². The fraction of sp³-hybridized carbons (Fsp3) is 0.688. The van der Waals surface area contributed by atoms with Crippen LogP contribution < -0.4 is 5.32 Å². The zero-order valence-electron chi connectivity index (χ0n) is 12.4. The molecular formula is C16H27N3. The molecular weight excluding hydrogens is 234 g/mol. The lowest BCUT2D eigenvalue weighted by Gasteiger charge is -2.21. The van der Waals surface area contributed by atoms with Gasteiger partial charge in [0.15, 0.2) is 0 Å². The Morgan fingerprint density at radius 3 is 2.84 bits per heavy atom. The van der Waals surface area contributed by atoms with E-state index < -0.39 is 0 Å². The predicted molar refractivity (Wildman–Crippen MR) is 81.4 cm³/mol. The van der Waals surface area contributed by atoms with Crippen molar-refractivity contribution in [1.82, 2.24) is 9.88 Å². The standard InChI is InChI=1S/C16H27N3/c1-3-5-11-19(16-6-7-16)13-15-12-14(8-10-18-15)17-9-4-2/h8,10,12,16H,3-7,9,11,13H2,1-2H3,(H,17,18). The smallest absolute Gasteiger partial charge is 0.0564 e. The van der Waals surface area contributed by atoms with Crippen LogP contribution in [0.25, 0.3) is 0 Å². The molecule has 0 bridgehead atoms. The second kappa shape index (κ2) is 7.49. The highest BCUT2D eigenvalue weighted by molar-refractivity contribution is 5.43. The van der Waals surface area contributed by atoms with Gasteiger partial charge in [-0.1, -0.05) is 20.3 Å². The van der Waals surface area contributed by atoms with E-state index in [4.69, 9.17) is 0 Å². The summed E-state index contributed by atoms with van der Waals surface area (Å²) in [5.41, 5.74) is 2.40. The van der Waals surface area contributed by atoms with E-state index >= 15 is 0 Å². The average molecular weight is 261 g/mol. The first kappa shape index (κ1) is 14.3. The number of rotatable bonds is 9. The molecule has 1 aromatic heterocycles. The number of pyridine rings is 1. The Bertz CT molecular complexity index is 374. The summed E-state index contributed by atoms with van der Waals surface area (Å²) in [7, 11) is 0. The maximum Gasteiger partial charge on any atom is 0.0564 e. The number of hydrogen-bond acceptors (Lipinski definition) is 3. The maximum absolute atomic E-state index is 4.52. The van der Waals surface area contributed by atoms with Crippen LogP contribution in [-0.4, -0.2) is 29.0 Å². The summed E-state index contributed by atoms with van der Waals surface area (Å²) in [6.07, 6.45) is 8.40. The summed E-state index contributed by atoms with van der Waals surface area (Å²) >= 11 is 0. The highest BCUT2D eigenvalue weighted by Gasteiger charge is 2.28. The molecule has 1 heterocycles. The van der Waals surface area contributed by atoms with Crippen LogP contribution in [-0.2, 0) is 6.54 Å². The molecule has 19 heavy (non-hydrogen) atoms. The van der Waals surface area contributed by atoms with E-state index in [0.717, 1.165) is 25.6 Å². The fourth-order valence-electron chi connectivity index (χ4n) is 2.34. The van der Waals surface area contributed by atoms with Gasteiger partial charge in [0.05, 0.1) is 5.69 Å². The van der Waals surface area contributed by atoms with Gasteiger partial charge in [-0.2, -0.15) is 0 Å². The van der Waals surface area contributed by atoms with E-state index in [2.05, 4.69) is 41.2 Å². The Kier molecular flexibility index (Phi) is 5.64. The highest BCUT2D eigenvalue weighted by atomic mass is 15.2. The van der Waals surface area contributed by atoms with Crippen molar-refractivity contribution in [2.24, 2.45) is 0 Å². The van der Waals surface area contributed by atoms with E-state index in [9.17, 15) is 0 Å². The summed E-state index contributed by atoms with van der Waals surface area (Å²) < 4.78 is 0. The van der Waals surface area contributed by atoms with Crippen LogP contribution in [0.1, 0.15) is 51.6 Å². The van der Waals surface area contributed by atoms with Crippen LogP contribution in [0.2, 0.25) is 0 Å². The molecule has 1 aliphatic carbocycles. The van der Waals surface area contributed by atoms with Crippen molar-refractivity contribution in [3.05, 3.63) is 24.0 Å². The Balaban J connectivity index is 1.92. The first-order chi connectivity index (χ1) is 9.33. The number of nitrogens with zero attached hydrogens (tertiary/aromatic N) is 2. The monoisotopic (exact) mass is 261 g/mol. The molecule has 3 heteroatoms. The van der Waals surface area contributed by atoms with Gasteiger partial charge in [0.2, 0.25) is 0 Å². The first-order valence-corrected chi connectivity index (χ1v) is 7.76. The summed E-state index contributed by atoms with van der Waals surface area (Å²) in [5, 5.41) is 3.44.